The molecule has 4 rings (SSSR count). The van der Waals surface area contributed by atoms with Crippen molar-refractivity contribution in [2.75, 3.05) is 18.8 Å². The quantitative estimate of drug-likeness (QED) is 0.376. The highest BCUT2D eigenvalue weighted by Crippen LogP contribution is 2.34. The lowest BCUT2D eigenvalue weighted by Crippen LogP contribution is -2.37. The number of likely N-dealkylation sites (tertiary alicyclic amines) is 1. The van der Waals surface area contributed by atoms with Gasteiger partial charge < -0.3 is 4.90 Å². The molecule has 2 heterocycles. The molecular weight excluding hydrogens is 384 g/mol. The molecule has 0 bridgehead atoms. The Morgan fingerprint density at radius 3 is 2.64 bits per heavy atom. The maximum Gasteiger partial charge on any atom is 0.222 e. The summed E-state index contributed by atoms with van der Waals surface area (Å²) in [6, 6.07) is 17.0. The molecule has 0 saturated carbocycles. The fourth-order valence-electron chi connectivity index (χ4n) is 3.65. The zero-order chi connectivity index (χ0) is 19.3. The molecule has 146 valence electrons. The molecule has 1 amide bonds. The SMILES string of the molecule is Cc1ccc(SCCCC(=O)N2CCC(c3nc4ccccc4s3)CC2)cc1. The van der Waals surface area contributed by atoms with E-state index in [9.17, 15) is 4.79 Å². The minimum Gasteiger partial charge on any atom is -0.343 e. The molecule has 3 nitrogen and oxygen atoms in total. The number of thioether (sulfide) groups is 1. The molecular formula is C23H26N2OS2. The van der Waals surface area contributed by atoms with Crippen LogP contribution < -0.4 is 0 Å². The summed E-state index contributed by atoms with van der Waals surface area (Å²) in [5.74, 6) is 1.81. The highest BCUT2D eigenvalue weighted by Gasteiger charge is 2.25. The molecule has 0 atom stereocenters. The van der Waals surface area contributed by atoms with Crippen LogP contribution in [0.1, 0.15) is 42.2 Å². The molecule has 0 unspecified atom stereocenters. The van der Waals surface area contributed by atoms with Gasteiger partial charge in [0, 0.05) is 30.3 Å². The number of fused-ring (bicyclic) bond motifs is 1. The maximum absolute atomic E-state index is 12.5. The topological polar surface area (TPSA) is 33.2 Å². The Bertz CT molecular complexity index is 894. The van der Waals surface area contributed by atoms with Crippen molar-refractivity contribution in [1.82, 2.24) is 9.88 Å². The van der Waals surface area contributed by atoms with Gasteiger partial charge in [0.15, 0.2) is 0 Å². The number of amides is 1. The van der Waals surface area contributed by atoms with E-state index in [0.29, 0.717) is 18.2 Å². The zero-order valence-electron chi connectivity index (χ0n) is 16.3. The number of hydrogen-bond acceptors (Lipinski definition) is 4. The molecule has 1 saturated heterocycles. The Morgan fingerprint density at radius 1 is 1.14 bits per heavy atom. The molecule has 0 spiro atoms. The predicted octanol–water partition coefficient (Wildman–Crippen LogP) is 5.88. The summed E-state index contributed by atoms with van der Waals surface area (Å²) < 4.78 is 1.27. The lowest BCUT2D eigenvalue weighted by Gasteiger charge is -2.31. The van der Waals surface area contributed by atoms with Crippen LogP contribution in [0.4, 0.5) is 0 Å². The van der Waals surface area contributed by atoms with Crippen LogP contribution in [0, 0.1) is 6.92 Å². The molecule has 0 N–H and O–H groups in total. The fourth-order valence-corrected chi connectivity index (χ4v) is 5.64. The van der Waals surface area contributed by atoms with Gasteiger partial charge in [-0.3, -0.25) is 4.79 Å². The van der Waals surface area contributed by atoms with E-state index < -0.39 is 0 Å². The summed E-state index contributed by atoms with van der Waals surface area (Å²) in [5, 5.41) is 1.24. The normalized spacial score (nSPS) is 15.2. The van der Waals surface area contributed by atoms with Crippen molar-refractivity contribution >= 4 is 39.2 Å². The molecule has 0 aliphatic carbocycles. The number of nitrogens with zero attached hydrogens (tertiary/aromatic N) is 2. The highest BCUT2D eigenvalue weighted by molar-refractivity contribution is 7.99. The van der Waals surface area contributed by atoms with Crippen molar-refractivity contribution in [1.29, 1.82) is 0 Å². The van der Waals surface area contributed by atoms with Crippen molar-refractivity contribution in [3.05, 3.63) is 59.1 Å². The van der Waals surface area contributed by atoms with E-state index in [0.717, 1.165) is 43.6 Å². The average Bonchev–Trinajstić information content (AvgIpc) is 3.17. The molecule has 2 aromatic carbocycles. The van der Waals surface area contributed by atoms with E-state index in [2.05, 4.69) is 54.3 Å². The largest absolute Gasteiger partial charge is 0.343 e. The van der Waals surface area contributed by atoms with Crippen LogP contribution in [0.5, 0.6) is 0 Å². The van der Waals surface area contributed by atoms with Crippen LogP contribution in [0.15, 0.2) is 53.4 Å². The van der Waals surface area contributed by atoms with Gasteiger partial charge in [0.1, 0.15) is 0 Å². The molecule has 1 aromatic heterocycles. The van der Waals surface area contributed by atoms with E-state index in [1.807, 2.05) is 29.2 Å². The predicted molar refractivity (Wildman–Crippen MR) is 119 cm³/mol. The van der Waals surface area contributed by atoms with Crippen molar-refractivity contribution in [2.24, 2.45) is 0 Å². The summed E-state index contributed by atoms with van der Waals surface area (Å²) in [7, 11) is 0. The number of piperidine rings is 1. The third-order valence-corrected chi connectivity index (χ3v) is 7.63. The number of benzene rings is 2. The first kappa shape index (κ1) is 19.5. The number of carbonyl (C=O) groups is 1. The van der Waals surface area contributed by atoms with Gasteiger partial charge in [-0.15, -0.1) is 23.1 Å². The second-order valence-electron chi connectivity index (χ2n) is 7.44. The zero-order valence-corrected chi connectivity index (χ0v) is 17.9. The van der Waals surface area contributed by atoms with Gasteiger partial charge in [0.05, 0.1) is 15.2 Å². The number of rotatable bonds is 6. The molecule has 0 radical (unpaired) electrons. The average molecular weight is 411 g/mol. The van der Waals surface area contributed by atoms with E-state index in [1.165, 1.54) is 20.2 Å². The Morgan fingerprint density at radius 2 is 1.89 bits per heavy atom. The minimum atomic E-state index is 0.312. The molecule has 5 heteroatoms. The number of carbonyl (C=O) groups excluding carboxylic acids is 1. The van der Waals surface area contributed by atoms with Crippen LogP contribution in [-0.2, 0) is 4.79 Å². The van der Waals surface area contributed by atoms with Gasteiger partial charge in [-0.1, -0.05) is 29.8 Å². The maximum atomic E-state index is 12.5. The Kier molecular flexibility index (Phi) is 6.33. The van der Waals surface area contributed by atoms with Crippen LogP contribution in [0.25, 0.3) is 10.2 Å². The standard InChI is InChI=1S/C23H26N2OS2/c1-17-8-10-19(11-9-17)27-16-4-7-22(26)25-14-12-18(13-15-25)23-24-20-5-2-3-6-21(20)28-23/h2-3,5-6,8-11,18H,4,7,12-16H2,1H3. The first-order valence-corrected chi connectivity index (χ1v) is 11.8. The second-order valence-corrected chi connectivity index (χ2v) is 9.67. The fraction of sp³-hybridized carbons (Fsp3) is 0.391. The number of thiazole rings is 1. The van der Waals surface area contributed by atoms with Crippen LogP contribution in [0.3, 0.4) is 0 Å². The van der Waals surface area contributed by atoms with Gasteiger partial charge in [0.25, 0.3) is 0 Å². The van der Waals surface area contributed by atoms with Gasteiger partial charge in [-0.2, -0.15) is 0 Å². The number of aryl methyl sites for hydroxylation is 1. The van der Waals surface area contributed by atoms with Gasteiger partial charge >= 0.3 is 0 Å². The number of aromatic nitrogens is 1. The summed E-state index contributed by atoms with van der Waals surface area (Å²) in [6.07, 6.45) is 3.66. The van der Waals surface area contributed by atoms with Crippen molar-refractivity contribution < 1.29 is 4.79 Å². The molecule has 1 aliphatic heterocycles. The van der Waals surface area contributed by atoms with Gasteiger partial charge in [0.2, 0.25) is 5.91 Å². The Hall–Kier alpha value is -1.85. The van der Waals surface area contributed by atoms with Crippen molar-refractivity contribution in [2.45, 2.75) is 43.4 Å². The second kappa shape index (κ2) is 9.10. The number of hydrogen-bond donors (Lipinski definition) is 0. The summed E-state index contributed by atoms with van der Waals surface area (Å²) in [4.78, 5) is 20.7. The van der Waals surface area contributed by atoms with Crippen molar-refractivity contribution in [3.8, 4) is 0 Å². The van der Waals surface area contributed by atoms with Gasteiger partial charge in [-0.05, 0) is 56.2 Å². The Balaban J connectivity index is 1.21. The summed E-state index contributed by atoms with van der Waals surface area (Å²) in [6.45, 7) is 3.84. The molecule has 28 heavy (non-hydrogen) atoms. The monoisotopic (exact) mass is 410 g/mol. The molecule has 1 aliphatic rings. The smallest absolute Gasteiger partial charge is 0.222 e. The summed E-state index contributed by atoms with van der Waals surface area (Å²) >= 11 is 3.65. The van der Waals surface area contributed by atoms with E-state index in [1.54, 1.807) is 0 Å². The van der Waals surface area contributed by atoms with Crippen LogP contribution in [-0.4, -0.2) is 34.6 Å². The summed E-state index contributed by atoms with van der Waals surface area (Å²) in [5.41, 5.74) is 2.39. The molecule has 1 fully saturated rings. The first-order chi connectivity index (χ1) is 13.7. The van der Waals surface area contributed by atoms with Crippen LogP contribution in [0.2, 0.25) is 0 Å². The van der Waals surface area contributed by atoms with E-state index in [-0.39, 0.29) is 0 Å². The van der Waals surface area contributed by atoms with Crippen molar-refractivity contribution in [3.63, 3.8) is 0 Å². The molecule has 3 aromatic rings. The first-order valence-electron chi connectivity index (χ1n) is 10.0. The third-order valence-electron chi connectivity index (χ3n) is 5.33. The minimum absolute atomic E-state index is 0.312. The van der Waals surface area contributed by atoms with E-state index in [4.69, 9.17) is 4.98 Å². The third kappa shape index (κ3) is 4.76. The lowest BCUT2D eigenvalue weighted by atomic mass is 9.97. The number of para-hydroxylation sites is 1. The highest BCUT2D eigenvalue weighted by atomic mass is 32.2. The van der Waals surface area contributed by atoms with E-state index >= 15 is 0 Å². The van der Waals surface area contributed by atoms with Gasteiger partial charge in [-0.25, -0.2) is 4.98 Å². The lowest BCUT2D eigenvalue weighted by molar-refractivity contribution is -0.132. The Labute approximate surface area is 175 Å². The van der Waals surface area contributed by atoms with Crippen LogP contribution >= 0.6 is 23.1 Å².